The van der Waals surface area contributed by atoms with Crippen molar-refractivity contribution in [3.8, 4) is 0 Å². The fraction of sp³-hybridized carbons (Fsp3) is 0.278. The molecule has 1 fully saturated rings. The lowest BCUT2D eigenvalue weighted by molar-refractivity contribution is 0.102. The number of carbonyl (C=O) groups is 1. The third-order valence-electron chi connectivity index (χ3n) is 4.23. The van der Waals surface area contributed by atoms with Crippen LogP contribution in [0.25, 0.3) is 0 Å². The summed E-state index contributed by atoms with van der Waals surface area (Å²) in [4.78, 5) is 13.9. The molecule has 0 atom stereocenters. The molecular weight excluding hydrogens is 436 g/mol. The first-order valence-corrected chi connectivity index (χ1v) is 11.6. The van der Waals surface area contributed by atoms with E-state index in [4.69, 9.17) is 0 Å². The number of sulfonamides is 1. The van der Waals surface area contributed by atoms with Crippen molar-refractivity contribution < 1.29 is 13.2 Å². The zero-order valence-electron chi connectivity index (χ0n) is 14.2. The number of rotatable bonds is 5. The van der Waals surface area contributed by atoms with Gasteiger partial charge in [-0.05, 0) is 77.5 Å². The summed E-state index contributed by atoms with van der Waals surface area (Å²) in [7, 11) is -3.56. The van der Waals surface area contributed by atoms with Crippen LogP contribution in [-0.2, 0) is 10.0 Å². The van der Waals surface area contributed by atoms with E-state index < -0.39 is 10.0 Å². The summed E-state index contributed by atoms with van der Waals surface area (Å²) in [6.45, 7) is 1.06. The van der Waals surface area contributed by atoms with Crippen molar-refractivity contribution in [3.05, 3.63) is 52.5 Å². The summed E-state index contributed by atoms with van der Waals surface area (Å²) < 4.78 is 27.5. The van der Waals surface area contributed by atoms with Gasteiger partial charge in [0.15, 0.2) is 0 Å². The van der Waals surface area contributed by atoms with E-state index in [0.717, 1.165) is 17.7 Å². The summed E-state index contributed by atoms with van der Waals surface area (Å²) in [6.07, 6.45) is 3.72. The van der Waals surface area contributed by atoms with Crippen LogP contribution in [0, 0.1) is 0 Å². The lowest BCUT2D eigenvalue weighted by atomic mass is 10.2. The Labute approximate surface area is 166 Å². The quantitative estimate of drug-likeness (QED) is 0.687. The molecule has 1 heterocycles. The molecule has 1 aliphatic rings. The number of anilines is 1. The van der Waals surface area contributed by atoms with Crippen molar-refractivity contribution in [2.45, 2.75) is 22.6 Å². The molecule has 3 rings (SSSR count). The monoisotopic (exact) mass is 454 g/mol. The average Bonchev–Trinajstić information content (AvgIpc) is 3.18. The molecule has 0 radical (unpaired) electrons. The van der Waals surface area contributed by atoms with Gasteiger partial charge in [-0.25, -0.2) is 8.42 Å². The van der Waals surface area contributed by atoms with Gasteiger partial charge in [0.2, 0.25) is 10.0 Å². The van der Waals surface area contributed by atoms with Crippen LogP contribution in [-0.4, -0.2) is 38.0 Å². The topological polar surface area (TPSA) is 66.5 Å². The number of thioether (sulfide) groups is 1. The number of amides is 1. The highest BCUT2D eigenvalue weighted by atomic mass is 79.9. The average molecular weight is 455 g/mol. The van der Waals surface area contributed by atoms with Crippen LogP contribution >= 0.6 is 27.7 Å². The van der Waals surface area contributed by atoms with E-state index in [1.807, 2.05) is 30.5 Å². The van der Waals surface area contributed by atoms with Gasteiger partial charge in [-0.2, -0.15) is 4.31 Å². The maximum absolute atomic E-state index is 12.7. The Bertz CT molecular complexity index is 909. The van der Waals surface area contributed by atoms with E-state index in [-0.39, 0.29) is 10.8 Å². The molecule has 0 aromatic heterocycles. The van der Waals surface area contributed by atoms with Crippen LogP contribution in [0.1, 0.15) is 23.2 Å². The fourth-order valence-electron chi connectivity index (χ4n) is 2.79. The Morgan fingerprint density at radius 1 is 1.12 bits per heavy atom. The van der Waals surface area contributed by atoms with Gasteiger partial charge in [-0.1, -0.05) is 0 Å². The predicted molar refractivity (Wildman–Crippen MR) is 108 cm³/mol. The molecule has 2 aromatic carbocycles. The van der Waals surface area contributed by atoms with Crippen LogP contribution in [0.5, 0.6) is 0 Å². The van der Waals surface area contributed by atoms with Gasteiger partial charge in [0.1, 0.15) is 0 Å². The first-order chi connectivity index (χ1) is 12.4. The Kier molecular flexibility index (Phi) is 6.06. The van der Waals surface area contributed by atoms with Crippen molar-refractivity contribution in [2.75, 3.05) is 24.7 Å². The Hall–Kier alpha value is -1.35. The van der Waals surface area contributed by atoms with Gasteiger partial charge in [0, 0.05) is 28.1 Å². The molecule has 0 spiro atoms. The van der Waals surface area contributed by atoms with Crippen LogP contribution in [0.2, 0.25) is 0 Å². The number of hydrogen-bond donors (Lipinski definition) is 1. The number of benzene rings is 2. The predicted octanol–water partition coefficient (Wildman–Crippen LogP) is 4.21. The zero-order chi connectivity index (χ0) is 18.7. The minimum absolute atomic E-state index is 0.144. The second-order valence-electron chi connectivity index (χ2n) is 5.94. The molecule has 2 aromatic rings. The highest BCUT2D eigenvalue weighted by Gasteiger charge is 2.28. The number of halogens is 1. The van der Waals surface area contributed by atoms with E-state index in [2.05, 4.69) is 21.2 Å². The Balaban J connectivity index is 1.85. The highest BCUT2D eigenvalue weighted by molar-refractivity contribution is 9.10. The van der Waals surface area contributed by atoms with Gasteiger partial charge in [0.05, 0.1) is 10.5 Å². The first kappa shape index (κ1) is 19.4. The molecule has 0 unspecified atom stereocenters. The smallest absolute Gasteiger partial charge is 0.256 e. The standard InChI is InChI=1S/C18H19BrN2O3S2/c1-25-14-6-4-13(5-7-14)20-18(22)16-12-15(8-9-17(16)19)26(23,24)21-10-2-3-11-21/h4-9,12H,2-3,10-11H2,1H3,(H,20,22). The molecule has 0 bridgehead atoms. The zero-order valence-corrected chi connectivity index (χ0v) is 17.5. The van der Waals surface area contributed by atoms with Gasteiger partial charge in [-0.15, -0.1) is 11.8 Å². The molecule has 26 heavy (non-hydrogen) atoms. The van der Waals surface area contributed by atoms with Crippen LogP contribution in [0.3, 0.4) is 0 Å². The van der Waals surface area contributed by atoms with Crippen molar-refractivity contribution in [3.63, 3.8) is 0 Å². The maximum atomic E-state index is 12.7. The largest absolute Gasteiger partial charge is 0.322 e. The maximum Gasteiger partial charge on any atom is 0.256 e. The first-order valence-electron chi connectivity index (χ1n) is 8.17. The van der Waals surface area contributed by atoms with Crippen LogP contribution in [0.15, 0.2) is 56.7 Å². The van der Waals surface area contributed by atoms with Gasteiger partial charge in [0.25, 0.3) is 5.91 Å². The van der Waals surface area contributed by atoms with E-state index in [1.165, 1.54) is 16.4 Å². The van der Waals surface area contributed by atoms with E-state index >= 15 is 0 Å². The summed E-state index contributed by atoms with van der Waals surface area (Å²) >= 11 is 4.97. The van der Waals surface area contributed by atoms with Crippen molar-refractivity contribution in [2.24, 2.45) is 0 Å². The number of carbonyl (C=O) groups excluding carboxylic acids is 1. The molecule has 0 saturated carbocycles. The third kappa shape index (κ3) is 4.14. The minimum atomic E-state index is -3.56. The van der Waals surface area contributed by atoms with E-state index in [9.17, 15) is 13.2 Å². The number of hydrogen-bond acceptors (Lipinski definition) is 4. The van der Waals surface area contributed by atoms with E-state index in [0.29, 0.717) is 28.8 Å². The lowest BCUT2D eigenvalue weighted by Crippen LogP contribution is -2.28. The molecule has 1 saturated heterocycles. The molecule has 138 valence electrons. The highest BCUT2D eigenvalue weighted by Crippen LogP contribution is 2.26. The number of nitrogens with zero attached hydrogens (tertiary/aromatic N) is 1. The molecular formula is C18H19BrN2O3S2. The van der Waals surface area contributed by atoms with E-state index in [1.54, 1.807) is 17.8 Å². The van der Waals surface area contributed by atoms with Gasteiger partial charge >= 0.3 is 0 Å². The number of nitrogens with one attached hydrogen (secondary N) is 1. The normalized spacial score (nSPS) is 15.2. The summed E-state index contributed by atoms with van der Waals surface area (Å²) in [6, 6.07) is 12.1. The van der Waals surface area contributed by atoms with Crippen molar-refractivity contribution >= 4 is 49.3 Å². The van der Waals surface area contributed by atoms with Crippen molar-refractivity contribution in [1.29, 1.82) is 0 Å². The van der Waals surface area contributed by atoms with Gasteiger partial charge < -0.3 is 5.32 Å². The molecule has 5 nitrogen and oxygen atoms in total. The Morgan fingerprint density at radius 3 is 2.38 bits per heavy atom. The van der Waals surface area contributed by atoms with Crippen LogP contribution in [0.4, 0.5) is 5.69 Å². The van der Waals surface area contributed by atoms with Crippen molar-refractivity contribution in [1.82, 2.24) is 4.31 Å². The molecule has 0 aliphatic carbocycles. The molecule has 1 amide bonds. The van der Waals surface area contributed by atoms with Gasteiger partial charge in [-0.3, -0.25) is 4.79 Å². The SMILES string of the molecule is CSc1ccc(NC(=O)c2cc(S(=O)(=O)N3CCCC3)ccc2Br)cc1. The second kappa shape index (κ2) is 8.12. The summed E-state index contributed by atoms with van der Waals surface area (Å²) in [5.41, 5.74) is 0.951. The third-order valence-corrected chi connectivity index (χ3v) is 7.56. The fourth-order valence-corrected chi connectivity index (χ4v) is 5.17. The van der Waals surface area contributed by atoms with Crippen LogP contribution < -0.4 is 5.32 Å². The summed E-state index contributed by atoms with van der Waals surface area (Å²) in [5, 5.41) is 2.81. The Morgan fingerprint density at radius 2 is 1.77 bits per heavy atom. The second-order valence-corrected chi connectivity index (χ2v) is 9.61. The minimum Gasteiger partial charge on any atom is -0.322 e. The summed E-state index contributed by atoms with van der Waals surface area (Å²) in [5.74, 6) is -0.354. The molecule has 1 N–H and O–H groups in total. The molecule has 1 aliphatic heterocycles. The molecule has 8 heteroatoms. The lowest BCUT2D eigenvalue weighted by Gasteiger charge is -2.16.